The van der Waals surface area contributed by atoms with E-state index in [2.05, 4.69) is 15.6 Å². The molecular formula is C21H23F3N4O3S. The van der Waals surface area contributed by atoms with Crippen molar-refractivity contribution in [2.45, 2.75) is 48.8 Å². The molecule has 7 nitrogen and oxygen atoms in total. The Labute approximate surface area is 183 Å². The average Bonchev–Trinajstić information content (AvgIpc) is 3.25. The molecule has 1 aliphatic rings. The molecule has 0 aliphatic heterocycles. The van der Waals surface area contributed by atoms with Crippen LogP contribution in [0.15, 0.2) is 48.7 Å². The summed E-state index contributed by atoms with van der Waals surface area (Å²) in [5.41, 5.74) is -3.72. The third kappa shape index (κ3) is 5.31. The van der Waals surface area contributed by atoms with E-state index in [1.165, 1.54) is 18.3 Å². The van der Waals surface area contributed by atoms with Gasteiger partial charge in [0.05, 0.1) is 17.6 Å². The molecule has 11 heteroatoms. The quantitative estimate of drug-likeness (QED) is 0.523. The van der Waals surface area contributed by atoms with Crippen LogP contribution in [0.4, 0.5) is 13.2 Å². The van der Waals surface area contributed by atoms with E-state index in [-0.39, 0.29) is 5.69 Å². The zero-order chi connectivity index (χ0) is 23.6. The maximum Gasteiger partial charge on any atom is 0.411 e. The first kappa shape index (κ1) is 23.8. The van der Waals surface area contributed by atoms with Crippen LogP contribution in [0.5, 0.6) is 0 Å². The molecule has 1 aromatic carbocycles. The van der Waals surface area contributed by atoms with Crippen LogP contribution >= 0.6 is 0 Å². The van der Waals surface area contributed by atoms with Gasteiger partial charge in [0.15, 0.2) is 15.4 Å². The molecule has 3 rings (SSSR count). The molecule has 1 amide bonds. The molecule has 0 spiro atoms. The van der Waals surface area contributed by atoms with Gasteiger partial charge in [-0.3, -0.25) is 10.1 Å². The highest BCUT2D eigenvalue weighted by Gasteiger charge is 2.55. The lowest BCUT2D eigenvalue weighted by atomic mass is 9.95. The van der Waals surface area contributed by atoms with Crippen molar-refractivity contribution < 1.29 is 26.4 Å². The van der Waals surface area contributed by atoms with Crippen molar-refractivity contribution in [1.82, 2.24) is 15.6 Å². The van der Waals surface area contributed by atoms with Crippen molar-refractivity contribution in [3.05, 3.63) is 59.9 Å². The number of halogens is 3. The van der Waals surface area contributed by atoms with Gasteiger partial charge in [-0.1, -0.05) is 30.3 Å². The molecule has 1 aromatic heterocycles. The predicted molar refractivity (Wildman–Crippen MR) is 111 cm³/mol. The Kier molecular flexibility index (Phi) is 6.40. The lowest BCUT2D eigenvalue weighted by Gasteiger charge is -2.36. The van der Waals surface area contributed by atoms with Crippen molar-refractivity contribution in [3.63, 3.8) is 0 Å². The highest BCUT2D eigenvalue weighted by molar-refractivity contribution is 7.90. The molecular weight excluding hydrogens is 445 g/mol. The highest BCUT2D eigenvalue weighted by Crippen LogP contribution is 2.39. The predicted octanol–water partition coefficient (Wildman–Crippen LogP) is 2.54. The summed E-state index contributed by atoms with van der Waals surface area (Å²) in [5, 5.41) is 13.9. The first-order valence-corrected chi connectivity index (χ1v) is 11.7. The Hall–Kier alpha value is -2.84. The van der Waals surface area contributed by atoms with Crippen LogP contribution in [0.2, 0.25) is 0 Å². The van der Waals surface area contributed by atoms with E-state index in [1.807, 2.05) is 6.07 Å². The van der Waals surface area contributed by atoms with Crippen LogP contribution in [0.3, 0.4) is 0 Å². The van der Waals surface area contributed by atoms with Gasteiger partial charge in [0.1, 0.15) is 11.6 Å². The number of hydrogen-bond donors (Lipinski definition) is 3. The van der Waals surface area contributed by atoms with E-state index in [4.69, 9.17) is 0 Å². The van der Waals surface area contributed by atoms with Crippen LogP contribution in [0.1, 0.15) is 31.0 Å². The van der Waals surface area contributed by atoms with Gasteiger partial charge in [0.25, 0.3) is 0 Å². The number of alkyl halides is 3. The van der Waals surface area contributed by atoms with Crippen LogP contribution in [-0.4, -0.2) is 42.8 Å². The van der Waals surface area contributed by atoms with E-state index in [0.717, 1.165) is 6.92 Å². The number of aromatic amines is 1. The summed E-state index contributed by atoms with van der Waals surface area (Å²) in [7, 11) is -3.99. The van der Waals surface area contributed by atoms with Gasteiger partial charge in [-0.05, 0) is 37.5 Å². The van der Waals surface area contributed by atoms with Crippen LogP contribution in [-0.2, 0) is 25.9 Å². The van der Waals surface area contributed by atoms with Crippen LogP contribution in [0, 0.1) is 11.3 Å². The van der Waals surface area contributed by atoms with Crippen molar-refractivity contribution in [3.8, 4) is 6.07 Å². The summed E-state index contributed by atoms with van der Waals surface area (Å²) in [6.45, 7) is 0.833. The number of sulfone groups is 1. The Morgan fingerprint density at radius 2 is 1.88 bits per heavy atom. The zero-order valence-corrected chi connectivity index (χ0v) is 18.1. The fraction of sp³-hybridized carbons (Fsp3) is 0.429. The Morgan fingerprint density at radius 3 is 2.38 bits per heavy atom. The second-order valence-corrected chi connectivity index (χ2v) is 10.2. The summed E-state index contributed by atoms with van der Waals surface area (Å²) in [5.74, 6) is -2.28. The minimum absolute atomic E-state index is 0.273. The number of carbonyl (C=O) groups is 1. The molecule has 172 valence electrons. The lowest BCUT2D eigenvalue weighted by Crippen LogP contribution is -2.62. The molecule has 3 N–H and O–H groups in total. The summed E-state index contributed by atoms with van der Waals surface area (Å²) < 4.78 is 67.8. The second-order valence-electron chi connectivity index (χ2n) is 8.13. The number of aromatic nitrogens is 1. The van der Waals surface area contributed by atoms with Gasteiger partial charge in [-0.25, -0.2) is 8.42 Å². The Balaban J connectivity index is 1.91. The molecule has 0 saturated heterocycles. The Morgan fingerprint density at radius 1 is 1.22 bits per heavy atom. The molecule has 1 fully saturated rings. The van der Waals surface area contributed by atoms with Crippen LogP contribution in [0.25, 0.3) is 0 Å². The van der Waals surface area contributed by atoms with E-state index < -0.39 is 50.5 Å². The van der Waals surface area contributed by atoms with E-state index in [9.17, 15) is 31.6 Å². The molecule has 1 heterocycles. The van der Waals surface area contributed by atoms with Crippen LogP contribution < -0.4 is 10.6 Å². The Bertz CT molecular complexity index is 1090. The largest absolute Gasteiger partial charge is 0.411 e. The van der Waals surface area contributed by atoms with E-state index in [1.54, 1.807) is 30.3 Å². The van der Waals surface area contributed by atoms with Gasteiger partial charge in [0.2, 0.25) is 5.91 Å². The van der Waals surface area contributed by atoms with Gasteiger partial charge in [0, 0.05) is 11.9 Å². The van der Waals surface area contributed by atoms with Crippen molar-refractivity contribution in [2.75, 3.05) is 5.75 Å². The SMILES string of the molecule is C[C@](N[C@@H](CS(=O)(=O)Cc1ccccc1)C(=O)NC1(C#N)CC1)(c1ccc[nH]1)C(F)(F)F. The standard InChI is InChI=1S/C21H23F3N4O3S/c1-19(21(22,23)24,17-8-5-11-26-17)27-16(18(29)28-20(14-25)9-10-20)13-32(30,31)12-15-6-3-2-4-7-15/h2-8,11,16,26-27H,9-10,12-13H2,1H3,(H,28,29)/t16-,19-/m0/s1. The number of nitrogens with one attached hydrogen (secondary N) is 3. The summed E-state index contributed by atoms with van der Waals surface area (Å²) in [6.07, 6.45) is -2.85. The molecule has 1 aliphatic carbocycles. The maximum absolute atomic E-state index is 14.1. The lowest BCUT2D eigenvalue weighted by molar-refractivity contribution is -0.198. The van der Waals surface area contributed by atoms with Crippen molar-refractivity contribution >= 4 is 15.7 Å². The van der Waals surface area contributed by atoms with E-state index in [0.29, 0.717) is 18.4 Å². The number of benzene rings is 1. The fourth-order valence-corrected chi connectivity index (χ4v) is 4.90. The molecule has 2 aromatic rings. The number of H-pyrrole nitrogens is 1. The molecule has 0 bridgehead atoms. The third-order valence-electron chi connectivity index (χ3n) is 5.46. The zero-order valence-electron chi connectivity index (χ0n) is 17.2. The van der Waals surface area contributed by atoms with Gasteiger partial charge >= 0.3 is 6.18 Å². The number of carbonyl (C=O) groups excluding carboxylic acids is 1. The third-order valence-corrected chi connectivity index (χ3v) is 7.07. The van der Waals surface area contributed by atoms with E-state index >= 15 is 0 Å². The van der Waals surface area contributed by atoms with Gasteiger partial charge in [-0.15, -0.1) is 0 Å². The van der Waals surface area contributed by atoms with Gasteiger partial charge in [-0.2, -0.15) is 18.4 Å². The second kappa shape index (κ2) is 8.60. The topological polar surface area (TPSA) is 115 Å². The monoisotopic (exact) mass is 468 g/mol. The summed E-state index contributed by atoms with van der Waals surface area (Å²) in [4.78, 5) is 15.4. The number of hydrogen-bond acceptors (Lipinski definition) is 5. The van der Waals surface area contributed by atoms with Gasteiger partial charge < -0.3 is 10.3 Å². The average molecular weight is 469 g/mol. The minimum atomic E-state index is -4.86. The fourth-order valence-electron chi connectivity index (χ4n) is 3.34. The highest BCUT2D eigenvalue weighted by atomic mass is 32.2. The molecule has 0 radical (unpaired) electrons. The van der Waals surface area contributed by atoms with Crippen molar-refractivity contribution in [2.24, 2.45) is 0 Å². The number of nitrogens with zero attached hydrogens (tertiary/aromatic N) is 1. The summed E-state index contributed by atoms with van der Waals surface area (Å²) >= 11 is 0. The summed E-state index contributed by atoms with van der Waals surface area (Å²) in [6, 6.07) is 10.9. The first-order valence-electron chi connectivity index (χ1n) is 9.86. The van der Waals surface area contributed by atoms with Crippen molar-refractivity contribution in [1.29, 1.82) is 5.26 Å². The minimum Gasteiger partial charge on any atom is -0.363 e. The molecule has 2 atom stereocenters. The number of amides is 1. The number of nitriles is 1. The smallest absolute Gasteiger partial charge is 0.363 e. The first-order chi connectivity index (χ1) is 14.9. The molecule has 32 heavy (non-hydrogen) atoms. The normalized spacial score (nSPS) is 18.2. The number of rotatable bonds is 9. The molecule has 1 saturated carbocycles. The molecule has 0 unspecified atom stereocenters. The maximum atomic E-state index is 14.1.